The van der Waals surface area contributed by atoms with E-state index in [4.69, 9.17) is 17.0 Å². The summed E-state index contributed by atoms with van der Waals surface area (Å²) in [4.78, 5) is 10.4. The minimum Gasteiger partial charge on any atom is -0.378 e. The Labute approximate surface area is 193 Å². The highest BCUT2D eigenvalue weighted by molar-refractivity contribution is 9.11. The molecule has 2 atom stereocenters. The molecule has 2 aliphatic heterocycles. The normalized spacial score (nSPS) is 21.7. The summed E-state index contributed by atoms with van der Waals surface area (Å²) in [6.07, 6.45) is 1.83. The first-order valence-corrected chi connectivity index (χ1v) is 11.9. The van der Waals surface area contributed by atoms with Gasteiger partial charge in [0.1, 0.15) is 0 Å². The molecule has 1 N–H and O–H groups in total. The van der Waals surface area contributed by atoms with Crippen molar-refractivity contribution < 1.29 is 4.74 Å². The van der Waals surface area contributed by atoms with Gasteiger partial charge in [0.15, 0.2) is 5.11 Å². The number of thiophene rings is 1. The first-order chi connectivity index (χ1) is 14.7. The topological polar surface area (TPSA) is 40.6 Å². The van der Waals surface area contributed by atoms with E-state index in [1.165, 1.54) is 10.6 Å². The number of rotatable bonds is 4. The summed E-state index contributed by atoms with van der Waals surface area (Å²) >= 11 is 11.1. The molecule has 0 bridgehead atoms. The predicted molar refractivity (Wildman–Crippen MR) is 129 cm³/mol. The Morgan fingerprint density at radius 3 is 2.47 bits per heavy atom. The van der Waals surface area contributed by atoms with E-state index in [-0.39, 0.29) is 12.1 Å². The van der Waals surface area contributed by atoms with Crippen molar-refractivity contribution in [3.63, 3.8) is 0 Å². The average molecular weight is 501 g/mol. The Bertz CT molecular complexity index is 1020. The molecule has 0 radical (unpaired) electrons. The van der Waals surface area contributed by atoms with Gasteiger partial charge in [0, 0.05) is 35.5 Å². The zero-order valence-electron chi connectivity index (χ0n) is 16.2. The summed E-state index contributed by atoms with van der Waals surface area (Å²) in [5.41, 5.74) is 3.29. The molecular weight excluding hydrogens is 480 g/mol. The lowest BCUT2D eigenvalue weighted by atomic mass is 10.0. The maximum Gasteiger partial charge on any atom is 0.174 e. The molecule has 30 heavy (non-hydrogen) atoms. The summed E-state index contributed by atoms with van der Waals surface area (Å²) in [6.45, 7) is 3.42. The van der Waals surface area contributed by atoms with E-state index < -0.39 is 0 Å². The van der Waals surface area contributed by atoms with Gasteiger partial charge in [-0.3, -0.25) is 4.98 Å². The molecular formula is C22H21BrN4OS2. The first kappa shape index (κ1) is 19.9. The molecule has 2 fully saturated rings. The number of halogens is 1. The van der Waals surface area contributed by atoms with Crippen LogP contribution in [0.15, 0.2) is 64.6 Å². The van der Waals surface area contributed by atoms with Crippen LogP contribution in [0.2, 0.25) is 0 Å². The number of benzene rings is 1. The predicted octanol–water partition coefficient (Wildman–Crippen LogP) is 4.92. The number of pyridine rings is 1. The van der Waals surface area contributed by atoms with Gasteiger partial charge >= 0.3 is 0 Å². The third-order valence-electron chi connectivity index (χ3n) is 5.49. The van der Waals surface area contributed by atoms with Gasteiger partial charge in [-0.2, -0.15) is 0 Å². The highest BCUT2D eigenvalue weighted by Crippen LogP contribution is 2.44. The Balaban J connectivity index is 1.50. The number of aromatic nitrogens is 1. The summed E-state index contributed by atoms with van der Waals surface area (Å²) in [5.74, 6) is 0. The summed E-state index contributed by atoms with van der Waals surface area (Å²) in [7, 11) is 0. The number of ether oxygens (including phenoxy) is 1. The third-order valence-corrected chi connectivity index (χ3v) is 7.50. The highest BCUT2D eigenvalue weighted by atomic mass is 79.9. The fourth-order valence-electron chi connectivity index (χ4n) is 4.05. The van der Waals surface area contributed by atoms with Gasteiger partial charge in [-0.25, -0.2) is 0 Å². The Morgan fingerprint density at radius 2 is 1.80 bits per heavy atom. The minimum absolute atomic E-state index is 0.0110. The first-order valence-electron chi connectivity index (χ1n) is 9.89. The van der Waals surface area contributed by atoms with E-state index in [0.29, 0.717) is 0 Å². The maximum absolute atomic E-state index is 5.79. The lowest BCUT2D eigenvalue weighted by Crippen LogP contribution is -2.36. The van der Waals surface area contributed by atoms with Crippen LogP contribution in [-0.4, -0.2) is 36.4 Å². The maximum atomic E-state index is 5.79. The van der Waals surface area contributed by atoms with E-state index in [2.05, 4.69) is 78.5 Å². The van der Waals surface area contributed by atoms with Crippen molar-refractivity contribution in [3.8, 4) is 0 Å². The lowest BCUT2D eigenvalue weighted by molar-refractivity contribution is 0.122. The minimum atomic E-state index is -0.0110. The van der Waals surface area contributed by atoms with Crippen molar-refractivity contribution in [1.29, 1.82) is 0 Å². The summed E-state index contributed by atoms with van der Waals surface area (Å²) in [5, 5.41) is 4.24. The number of hydrogen-bond acceptors (Lipinski definition) is 5. The molecule has 2 aliphatic rings. The third kappa shape index (κ3) is 3.85. The van der Waals surface area contributed by atoms with Crippen molar-refractivity contribution in [2.45, 2.75) is 12.1 Å². The molecule has 0 aliphatic carbocycles. The van der Waals surface area contributed by atoms with Crippen LogP contribution in [0, 0.1) is 0 Å². The zero-order chi connectivity index (χ0) is 20.5. The molecule has 4 heterocycles. The number of anilines is 2. The van der Waals surface area contributed by atoms with Crippen molar-refractivity contribution in [3.05, 3.63) is 75.2 Å². The fourth-order valence-corrected chi connectivity index (χ4v) is 5.95. The van der Waals surface area contributed by atoms with E-state index in [1.807, 2.05) is 18.3 Å². The van der Waals surface area contributed by atoms with E-state index in [9.17, 15) is 0 Å². The van der Waals surface area contributed by atoms with Gasteiger partial charge in [-0.15, -0.1) is 11.3 Å². The second-order valence-electron chi connectivity index (χ2n) is 7.25. The van der Waals surface area contributed by atoms with Crippen molar-refractivity contribution in [2.75, 3.05) is 36.1 Å². The molecule has 0 unspecified atom stereocenters. The number of nitrogens with zero attached hydrogens (tertiary/aromatic N) is 3. The standard InChI is InChI=1S/C22H21BrN4OS2/c23-19-9-8-18(30-19)21-20(17-3-1-2-10-24-17)25-22(29)27(21)16-6-4-15(5-7-16)26-11-13-28-14-12-26/h1-10,20-21H,11-14H2,(H,25,29)/t20-,21+/m0/s1. The molecule has 5 rings (SSSR count). The second kappa shape index (κ2) is 8.63. The summed E-state index contributed by atoms with van der Waals surface area (Å²) in [6, 6.07) is 19.0. The zero-order valence-corrected chi connectivity index (χ0v) is 19.4. The van der Waals surface area contributed by atoms with Gasteiger partial charge < -0.3 is 19.9 Å². The smallest absolute Gasteiger partial charge is 0.174 e. The SMILES string of the molecule is S=C1N[C@@H](c2ccccn2)[C@@H](c2ccc(Br)s2)N1c1ccc(N2CCOCC2)cc1. The molecule has 0 saturated carbocycles. The number of nitrogens with one attached hydrogen (secondary N) is 1. The second-order valence-corrected chi connectivity index (χ2v) is 10.1. The van der Waals surface area contributed by atoms with Gasteiger partial charge in [0.2, 0.25) is 0 Å². The highest BCUT2D eigenvalue weighted by Gasteiger charge is 2.41. The monoisotopic (exact) mass is 500 g/mol. The van der Waals surface area contributed by atoms with Crippen LogP contribution in [0.3, 0.4) is 0 Å². The van der Waals surface area contributed by atoms with Gasteiger partial charge in [0.25, 0.3) is 0 Å². The van der Waals surface area contributed by atoms with Crippen LogP contribution >= 0.6 is 39.5 Å². The van der Waals surface area contributed by atoms with Crippen LogP contribution in [0.5, 0.6) is 0 Å². The van der Waals surface area contributed by atoms with Crippen molar-refractivity contribution in [2.24, 2.45) is 0 Å². The van der Waals surface area contributed by atoms with Gasteiger partial charge in [0.05, 0.1) is 34.8 Å². The molecule has 0 spiro atoms. The Kier molecular flexibility index (Phi) is 5.73. The van der Waals surface area contributed by atoms with Gasteiger partial charge in [-0.05, 0) is 76.7 Å². The quantitative estimate of drug-likeness (QED) is 0.512. The van der Waals surface area contributed by atoms with Gasteiger partial charge in [-0.1, -0.05) is 6.07 Å². The molecule has 2 saturated heterocycles. The van der Waals surface area contributed by atoms with Crippen LogP contribution in [0.4, 0.5) is 11.4 Å². The Hall–Kier alpha value is -2.00. The fraction of sp³-hybridized carbons (Fsp3) is 0.273. The molecule has 1 aromatic carbocycles. The van der Waals surface area contributed by atoms with E-state index in [0.717, 1.165) is 46.6 Å². The Morgan fingerprint density at radius 1 is 1.03 bits per heavy atom. The number of hydrogen-bond donors (Lipinski definition) is 1. The summed E-state index contributed by atoms with van der Waals surface area (Å²) < 4.78 is 6.58. The van der Waals surface area contributed by atoms with E-state index in [1.54, 1.807) is 11.3 Å². The van der Waals surface area contributed by atoms with Crippen LogP contribution in [-0.2, 0) is 4.74 Å². The van der Waals surface area contributed by atoms with Crippen LogP contribution in [0.1, 0.15) is 22.7 Å². The number of morpholine rings is 1. The van der Waals surface area contributed by atoms with Crippen molar-refractivity contribution >= 4 is 56.0 Å². The average Bonchev–Trinajstić information content (AvgIpc) is 3.38. The van der Waals surface area contributed by atoms with Crippen LogP contribution < -0.4 is 15.1 Å². The van der Waals surface area contributed by atoms with E-state index >= 15 is 0 Å². The largest absolute Gasteiger partial charge is 0.378 e. The molecule has 3 aromatic rings. The number of thiocarbonyl (C=S) groups is 1. The molecule has 2 aromatic heterocycles. The molecule has 8 heteroatoms. The van der Waals surface area contributed by atoms with Crippen molar-refractivity contribution in [1.82, 2.24) is 10.3 Å². The molecule has 0 amide bonds. The molecule has 5 nitrogen and oxygen atoms in total. The lowest BCUT2D eigenvalue weighted by Gasteiger charge is -2.30. The molecule has 154 valence electrons. The van der Waals surface area contributed by atoms with Crippen LogP contribution in [0.25, 0.3) is 0 Å².